The minimum Gasteiger partial charge on any atom is -0.337 e. The van der Waals surface area contributed by atoms with Crippen LogP contribution in [0, 0.1) is 5.92 Å². The average Bonchev–Trinajstić information content (AvgIpc) is 2.34. The second kappa shape index (κ2) is 7.31. The standard InChI is InChI=1S/C15H25NO/c1-4-15(17)16(13(2)3)12-8-11-14-9-6-5-7-10-14/h5-6,8,11,13-14H,4,7,9-10,12H2,1-3H3. The second-order valence-corrected chi connectivity index (χ2v) is 4.97. The Hall–Kier alpha value is -1.05. The quantitative estimate of drug-likeness (QED) is 0.667. The zero-order valence-electron chi connectivity index (χ0n) is 11.4. The van der Waals surface area contributed by atoms with Gasteiger partial charge in [-0.1, -0.05) is 31.2 Å². The fraction of sp³-hybridized carbons (Fsp3) is 0.667. The lowest BCUT2D eigenvalue weighted by atomic mass is 9.94. The lowest BCUT2D eigenvalue weighted by molar-refractivity contribution is -0.131. The molecule has 0 radical (unpaired) electrons. The van der Waals surface area contributed by atoms with Crippen LogP contribution in [0.25, 0.3) is 0 Å². The van der Waals surface area contributed by atoms with Crippen LogP contribution in [-0.4, -0.2) is 23.4 Å². The summed E-state index contributed by atoms with van der Waals surface area (Å²) in [4.78, 5) is 13.7. The highest BCUT2D eigenvalue weighted by molar-refractivity contribution is 5.76. The number of carbonyl (C=O) groups excluding carboxylic acids is 1. The molecule has 0 aromatic heterocycles. The molecule has 2 nitrogen and oxygen atoms in total. The van der Waals surface area contributed by atoms with E-state index in [4.69, 9.17) is 0 Å². The molecule has 17 heavy (non-hydrogen) atoms. The van der Waals surface area contributed by atoms with Crippen molar-refractivity contribution in [2.45, 2.75) is 52.5 Å². The van der Waals surface area contributed by atoms with Gasteiger partial charge in [0, 0.05) is 19.0 Å². The van der Waals surface area contributed by atoms with Crippen molar-refractivity contribution in [1.82, 2.24) is 4.90 Å². The minimum atomic E-state index is 0.244. The molecule has 0 aromatic carbocycles. The summed E-state index contributed by atoms with van der Waals surface area (Å²) in [6.45, 7) is 6.83. The maximum atomic E-state index is 11.7. The van der Waals surface area contributed by atoms with Gasteiger partial charge in [0.25, 0.3) is 0 Å². The molecule has 1 atom stereocenters. The third kappa shape index (κ3) is 4.76. The van der Waals surface area contributed by atoms with E-state index in [-0.39, 0.29) is 5.91 Å². The number of rotatable bonds is 5. The van der Waals surface area contributed by atoms with E-state index in [0.717, 1.165) is 13.0 Å². The highest BCUT2D eigenvalue weighted by Gasteiger charge is 2.13. The van der Waals surface area contributed by atoms with Gasteiger partial charge in [-0.3, -0.25) is 4.79 Å². The smallest absolute Gasteiger partial charge is 0.222 e. The first-order valence-corrected chi connectivity index (χ1v) is 6.76. The van der Waals surface area contributed by atoms with Gasteiger partial charge >= 0.3 is 0 Å². The fourth-order valence-electron chi connectivity index (χ4n) is 2.16. The van der Waals surface area contributed by atoms with Crippen molar-refractivity contribution >= 4 is 5.91 Å². The molecule has 1 rings (SSSR count). The van der Waals surface area contributed by atoms with Gasteiger partial charge in [0.1, 0.15) is 0 Å². The molecule has 1 aliphatic carbocycles. The number of hydrogen-bond donors (Lipinski definition) is 0. The van der Waals surface area contributed by atoms with E-state index in [9.17, 15) is 4.79 Å². The van der Waals surface area contributed by atoms with Gasteiger partial charge in [-0.05, 0) is 39.0 Å². The molecule has 0 fully saturated rings. The maximum absolute atomic E-state index is 11.7. The Bertz CT molecular complexity index is 291. The molecule has 0 heterocycles. The number of amides is 1. The molecule has 2 heteroatoms. The Balaban J connectivity index is 2.43. The zero-order chi connectivity index (χ0) is 12.7. The first-order chi connectivity index (χ1) is 8.15. The summed E-state index contributed by atoms with van der Waals surface area (Å²) in [6, 6.07) is 0.290. The lowest BCUT2D eigenvalue weighted by Gasteiger charge is -2.25. The average molecular weight is 235 g/mol. The first kappa shape index (κ1) is 14.0. The van der Waals surface area contributed by atoms with Crippen LogP contribution in [0.3, 0.4) is 0 Å². The third-order valence-electron chi connectivity index (χ3n) is 3.27. The Labute approximate surface area is 105 Å². The SMILES string of the molecule is CCC(=O)N(CC=CC1CC=CCC1)C(C)C. The highest BCUT2D eigenvalue weighted by Crippen LogP contribution is 2.19. The van der Waals surface area contributed by atoms with Crippen molar-refractivity contribution < 1.29 is 4.79 Å². The number of hydrogen-bond acceptors (Lipinski definition) is 1. The van der Waals surface area contributed by atoms with Crippen molar-refractivity contribution in [1.29, 1.82) is 0 Å². The van der Waals surface area contributed by atoms with Crippen LogP contribution >= 0.6 is 0 Å². The van der Waals surface area contributed by atoms with Crippen molar-refractivity contribution in [2.24, 2.45) is 5.92 Å². The maximum Gasteiger partial charge on any atom is 0.222 e. The summed E-state index contributed by atoms with van der Waals surface area (Å²) in [5, 5.41) is 0. The van der Waals surface area contributed by atoms with Crippen LogP contribution < -0.4 is 0 Å². The molecule has 0 saturated carbocycles. The summed E-state index contributed by atoms with van der Waals surface area (Å²) < 4.78 is 0. The van der Waals surface area contributed by atoms with Gasteiger partial charge in [-0.15, -0.1) is 0 Å². The lowest BCUT2D eigenvalue weighted by Crippen LogP contribution is -2.36. The van der Waals surface area contributed by atoms with Crippen LogP contribution in [-0.2, 0) is 4.79 Å². The van der Waals surface area contributed by atoms with Gasteiger partial charge in [-0.25, -0.2) is 0 Å². The highest BCUT2D eigenvalue weighted by atomic mass is 16.2. The van der Waals surface area contributed by atoms with E-state index in [2.05, 4.69) is 38.2 Å². The predicted molar refractivity (Wildman–Crippen MR) is 72.8 cm³/mol. The molecular weight excluding hydrogens is 210 g/mol. The molecule has 96 valence electrons. The van der Waals surface area contributed by atoms with E-state index < -0.39 is 0 Å². The molecule has 1 aliphatic rings. The van der Waals surface area contributed by atoms with E-state index in [1.54, 1.807) is 0 Å². The second-order valence-electron chi connectivity index (χ2n) is 4.97. The van der Waals surface area contributed by atoms with E-state index in [1.165, 1.54) is 12.8 Å². The number of nitrogens with zero attached hydrogens (tertiary/aromatic N) is 1. The van der Waals surface area contributed by atoms with Crippen molar-refractivity contribution in [3.05, 3.63) is 24.3 Å². The molecule has 0 spiro atoms. The Morgan fingerprint density at radius 1 is 1.47 bits per heavy atom. The fourth-order valence-corrected chi connectivity index (χ4v) is 2.16. The monoisotopic (exact) mass is 235 g/mol. The van der Waals surface area contributed by atoms with Crippen LogP contribution in [0.4, 0.5) is 0 Å². The summed E-state index contributed by atoms with van der Waals surface area (Å²) >= 11 is 0. The summed E-state index contributed by atoms with van der Waals surface area (Å²) in [5.41, 5.74) is 0. The zero-order valence-corrected chi connectivity index (χ0v) is 11.4. The Morgan fingerprint density at radius 3 is 2.76 bits per heavy atom. The molecule has 0 aliphatic heterocycles. The number of carbonyl (C=O) groups is 1. The topological polar surface area (TPSA) is 20.3 Å². The van der Waals surface area contributed by atoms with Gasteiger partial charge in [0.15, 0.2) is 0 Å². The Morgan fingerprint density at radius 2 is 2.24 bits per heavy atom. The van der Waals surface area contributed by atoms with Gasteiger partial charge in [-0.2, -0.15) is 0 Å². The van der Waals surface area contributed by atoms with Gasteiger partial charge in [0.2, 0.25) is 5.91 Å². The largest absolute Gasteiger partial charge is 0.337 e. The summed E-state index contributed by atoms with van der Waals surface area (Å²) in [5.74, 6) is 0.916. The normalized spacial score (nSPS) is 20.1. The third-order valence-corrected chi connectivity index (χ3v) is 3.27. The van der Waals surface area contributed by atoms with Crippen LogP contribution in [0.5, 0.6) is 0 Å². The summed E-state index contributed by atoms with van der Waals surface area (Å²) in [7, 11) is 0. The van der Waals surface area contributed by atoms with Gasteiger partial charge in [0.05, 0.1) is 0 Å². The molecule has 0 bridgehead atoms. The van der Waals surface area contributed by atoms with Crippen LogP contribution in [0.15, 0.2) is 24.3 Å². The molecular formula is C15H25NO. The van der Waals surface area contributed by atoms with E-state index in [0.29, 0.717) is 18.4 Å². The van der Waals surface area contributed by atoms with E-state index >= 15 is 0 Å². The van der Waals surface area contributed by atoms with Gasteiger partial charge < -0.3 is 4.90 Å². The van der Waals surface area contributed by atoms with Crippen LogP contribution in [0.2, 0.25) is 0 Å². The first-order valence-electron chi connectivity index (χ1n) is 6.76. The molecule has 0 N–H and O–H groups in total. The predicted octanol–water partition coefficient (Wildman–Crippen LogP) is 3.55. The molecule has 0 saturated heterocycles. The van der Waals surface area contributed by atoms with Crippen molar-refractivity contribution in [2.75, 3.05) is 6.54 Å². The molecule has 0 aromatic rings. The van der Waals surface area contributed by atoms with E-state index in [1.807, 2.05) is 11.8 Å². The minimum absolute atomic E-state index is 0.244. The molecule has 1 amide bonds. The molecule has 1 unspecified atom stereocenters. The number of allylic oxidation sites excluding steroid dienone is 3. The van der Waals surface area contributed by atoms with Crippen molar-refractivity contribution in [3.63, 3.8) is 0 Å². The summed E-state index contributed by atoms with van der Waals surface area (Å²) in [6.07, 6.45) is 13.1. The van der Waals surface area contributed by atoms with Crippen molar-refractivity contribution in [3.8, 4) is 0 Å². The Kier molecular flexibility index (Phi) is 6.03. The van der Waals surface area contributed by atoms with Crippen LogP contribution in [0.1, 0.15) is 46.5 Å².